The molecule has 0 aliphatic carbocycles. The number of likely N-dealkylation sites (tertiary alicyclic amines) is 1. The molecule has 2 aromatic heterocycles. The van der Waals surface area contributed by atoms with Crippen molar-refractivity contribution in [3.8, 4) is 0 Å². The molecule has 1 aliphatic heterocycles. The number of aromatic nitrogens is 2. The van der Waals surface area contributed by atoms with E-state index < -0.39 is 0 Å². The number of nitrogens with zero attached hydrogens (tertiary/aromatic N) is 3. The number of ether oxygens (including phenoxy) is 1. The minimum atomic E-state index is 0.104. The molecule has 0 aromatic carbocycles. The van der Waals surface area contributed by atoms with Crippen LogP contribution in [0.15, 0.2) is 29.3 Å². The Labute approximate surface area is 124 Å². The largest absolute Gasteiger partial charge is 0.383 e. The Kier molecular flexibility index (Phi) is 4.41. The van der Waals surface area contributed by atoms with Crippen LogP contribution in [0.1, 0.15) is 12.8 Å². The summed E-state index contributed by atoms with van der Waals surface area (Å²) in [5, 5.41) is 1.01. The van der Waals surface area contributed by atoms with Gasteiger partial charge in [0, 0.05) is 44.5 Å². The predicted molar refractivity (Wildman–Crippen MR) is 83.7 cm³/mol. The fraction of sp³-hybridized carbons (Fsp3) is 0.562. The van der Waals surface area contributed by atoms with Crippen LogP contribution in [-0.2, 0) is 17.8 Å². The molecular weight excluding hydrogens is 266 g/mol. The second-order valence-electron chi connectivity index (χ2n) is 5.67. The van der Waals surface area contributed by atoms with Gasteiger partial charge in [-0.05, 0) is 38.1 Å². The fourth-order valence-electron chi connectivity index (χ4n) is 3.05. The van der Waals surface area contributed by atoms with Crippen molar-refractivity contribution in [1.82, 2.24) is 14.0 Å². The molecule has 0 spiro atoms. The summed E-state index contributed by atoms with van der Waals surface area (Å²) in [4.78, 5) is 15.1. The van der Waals surface area contributed by atoms with Crippen LogP contribution in [0.25, 0.3) is 10.9 Å². The third kappa shape index (κ3) is 3.04. The zero-order valence-electron chi connectivity index (χ0n) is 12.6. The Balaban J connectivity index is 1.82. The van der Waals surface area contributed by atoms with E-state index in [0.717, 1.165) is 24.0 Å². The van der Waals surface area contributed by atoms with Crippen LogP contribution in [0.3, 0.4) is 0 Å². The van der Waals surface area contributed by atoms with Crippen molar-refractivity contribution < 1.29 is 4.74 Å². The highest BCUT2D eigenvalue weighted by atomic mass is 16.5. The lowest BCUT2D eigenvalue weighted by Crippen LogP contribution is -2.29. The SMILES string of the molecule is COCCn1ccc2ccn(CCN3CCCC3)c(=O)c21. The Morgan fingerprint density at radius 3 is 2.48 bits per heavy atom. The lowest BCUT2D eigenvalue weighted by molar-refractivity contribution is 0.188. The maximum Gasteiger partial charge on any atom is 0.275 e. The van der Waals surface area contributed by atoms with Gasteiger partial charge in [0.15, 0.2) is 0 Å². The van der Waals surface area contributed by atoms with Crippen LogP contribution in [0.5, 0.6) is 0 Å². The fourth-order valence-corrected chi connectivity index (χ4v) is 3.05. The molecule has 21 heavy (non-hydrogen) atoms. The molecule has 3 rings (SSSR count). The zero-order valence-corrected chi connectivity index (χ0v) is 12.6. The van der Waals surface area contributed by atoms with Crippen molar-refractivity contribution in [1.29, 1.82) is 0 Å². The molecule has 0 unspecified atom stereocenters. The molecule has 2 aromatic rings. The Hall–Kier alpha value is -1.59. The van der Waals surface area contributed by atoms with E-state index in [2.05, 4.69) is 4.90 Å². The summed E-state index contributed by atoms with van der Waals surface area (Å²) >= 11 is 0. The van der Waals surface area contributed by atoms with Crippen molar-refractivity contribution in [2.45, 2.75) is 25.9 Å². The summed E-state index contributed by atoms with van der Waals surface area (Å²) in [5.41, 5.74) is 0.892. The van der Waals surface area contributed by atoms with Crippen molar-refractivity contribution in [2.75, 3.05) is 33.4 Å². The molecule has 0 atom stereocenters. The first kappa shape index (κ1) is 14.4. The molecule has 0 bridgehead atoms. The second kappa shape index (κ2) is 6.45. The first-order valence-corrected chi connectivity index (χ1v) is 7.69. The van der Waals surface area contributed by atoms with Crippen LogP contribution < -0.4 is 5.56 Å². The van der Waals surface area contributed by atoms with E-state index in [9.17, 15) is 4.79 Å². The zero-order chi connectivity index (χ0) is 14.7. The molecule has 5 nitrogen and oxygen atoms in total. The van der Waals surface area contributed by atoms with Gasteiger partial charge in [-0.25, -0.2) is 0 Å². The number of hydrogen-bond donors (Lipinski definition) is 0. The van der Waals surface area contributed by atoms with E-state index in [1.54, 1.807) is 7.11 Å². The average molecular weight is 289 g/mol. The van der Waals surface area contributed by atoms with E-state index in [4.69, 9.17) is 4.74 Å². The molecule has 3 heterocycles. The third-order valence-electron chi connectivity index (χ3n) is 4.28. The molecule has 114 valence electrons. The van der Waals surface area contributed by atoms with E-state index >= 15 is 0 Å². The van der Waals surface area contributed by atoms with Crippen LogP contribution in [-0.4, -0.2) is 47.4 Å². The minimum Gasteiger partial charge on any atom is -0.383 e. The van der Waals surface area contributed by atoms with Gasteiger partial charge < -0.3 is 18.8 Å². The van der Waals surface area contributed by atoms with Gasteiger partial charge in [-0.15, -0.1) is 0 Å². The van der Waals surface area contributed by atoms with Gasteiger partial charge in [-0.2, -0.15) is 0 Å². The molecule has 0 radical (unpaired) electrons. The monoisotopic (exact) mass is 289 g/mol. The van der Waals surface area contributed by atoms with Crippen molar-refractivity contribution in [3.05, 3.63) is 34.9 Å². The number of pyridine rings is 1. The van der Waals surface area contributed by atoms with Crippen molar-refractivity contribution in [3.63, 3.8) is 0 Å². The molecule has 1 aliphatic rings. The number of methoxy groups -OCH3 is 1. The maximum absolute atomic E-state index is 12.7. The number of fused-ring (bicyclic) bond motifs is 1. The topological polar surface area (TPSA) is 39.4 Å². The van der Waals surface area contributed by atoms with Crippen LogP contribution in [0.4, 0.5) is 0 Å². The minimum absolute atomic E-state index is 0.104. The summed E-state index contributed by atoms with van der Waals surface area (Å²) in [5.74, 6) is 0. The van der Waals surface area contributed by atoms with Crippen molar-refractivity contribution in [2.24, 2.45) is 0 Å². The Bertz CT molecular complexity index is 653. The molecular formula is C16H23N3O2. The Morgan fingerprint density at radius 1 is 1.05 bits per heavy atom. The van der Waals surface area contributed by atoms with E-state index in [-0.39, 0.29) is 5.56 Å². The molecule has 1 saturated heterocycles. The summed E-state index contributed by atoms with van der Waals surface area (Å²) < 4.78 is 8.94. The molecule has 0 N–H and O–H groups in total. The van der Waals surface area contributed by atoms with Gasteiger partial charge in [0.2, 0.25) is 0 Å². The summed E-state index contributed by atoms with van der Waals surface area (Å²) in [6, 6.07) is 4.03. The highest BCUT2D eigenvalue weighted by Crippen LogP contribution is 2.12. The van der Waals surface area contributed by atoms with Crippen LogP contribution in [0.2, 0.25) is 0 Å². The van der Waals surface area contributed by atoms with Gasteiger partial charge in [-0.3, -0.25) is 4.79 Å². The van der Waals surface area contributed by atoms with Gasteiger partial charge >= 0.3 is 0 Å². The maximum atomic E-state index is 12.7. The smallest absolute Gasteiger partial charge is 0.275 e. The first-order chi connectivity index (χ1) is 10.3. The standard InChI is InChI=1S/C16H23N3O2/c1-21-13-12-18-8-4-14-5-9-19(16(20)15(14)18)11-10-17-6-2-3-7-17/h4-5,8-9H,2-3,6-7,10-13H2,1H3. The van der Waals surface area contributed by atoms with Gasteiger partial charge in [0.05, 0.1) is 6.61 Å². The summed E-state index contributed by atoms with van der Waals surface area (Å²) in [6.07, 6.45) is 6.46. The average Bonchev–Trinajstić information content (AvgIpc) is 3.14. The van der Waals surface area contributed by atoms with Crippen molar-refractivity contribution >= 4 is 10.9 Å². The summed E-state index contributed by atoms with van der Waals surface area (Å²) in [6.45, 7) is 5.40. The highest BCUT2D eigenvalue weighted by Gasteiger charge is 2.12. The number of rotatable bonds is 6. The van der Waals surface area contributed by atoms with Gasteiger partial charge in [0.25, 0.3) is 5.56 Å². The van der Waals surface area contributed by atoms with Crippen LogP contribution >= 0.6 is 0 Å². The highest BCUT2D eigenvalue weighted by molar-refractivity contribution is 5.78. The normalized spacial score (nSPS) is 16.0. The molecule has 1 fully saturated rings. The molecule has 0 amide bonds. The van der Waals surface area contributed by atoms with Gasteiger partial charge in [0.1, 0.15) is 5.52 Å². The quantitative estimate of drug-likeness (QED) is 0.810. The lowest BCUT2D eigenvalue weighted by Gasteiger charge is -2.15. The third-order valence-corrected chi connectivity index (χ3v) is 4.28. The predicted octanol–water partition coefficient (Wildman–Crippen LogP) is 1.55. The van der Waals surface area contributed by atoms with E-state index in [0.29, 0.717) is 13.2 Å². The molecule has 5 heteroatoms. The number of hydrogen-bond acceptors (Lipinski definition) is 3. The van der Waals surface area contributed by atoms with E-state index in [1.807, 2.05) is 33.7 Å². The van der Waals surface area contributed by atoms with Crippen LogP contribution in [0, 0.1) is 0 Å². The Morgan fingerprint density at radius 2 is 1.76 bits per heavy atom. The second-order valence-corrected chi connectivity index (χ2v) is 5.67. The lowest BCUT2D eigenvalue weighted by atomic mass is 10.3. The van der Waals surface area contributed by atoms with Gasteiger partial charge in [-0.1, -0.05) is 0 Å². The molecule has 0 saturated carbocycles. The van der Waals surface area contributed by atoms with E-state index in [1.165, 1.54) is 25.9 Å². The first-order valence-electron chi connectivity index (χ1n) is 7.69. The summed E-state index contributed by atoms with van der Waals surface area (Å²) in [7, 11) is 1.68.